The van der Waals surface area contributed by atoms with Crippen LogP contribution in [0.25, 0.3) is 21.5 Å². The minimum Gasteiger partial charge on any atom is -0.289 e. The van der Waals surface area contributed by atoms with Crippen molar-refractivity contribution in [2.24, 2.45) is 0 Å². The standard InChI is InChI=1S/C19H11NO4/c21-16-13-4-2-1-3-10(13)5-6-11-9-12(7-8-14(11)16)15-17(22)19(24)20-18(15)23/h1-9,15H,(H,20,23,24). The number of Topliss-reactive ketones (excluding diaryl/α,β-unsaturated/α-hetero) is 1. The lowest BCUT2D eigenvalue weighted by atomic mass is 9.94. The van der Waals surface area contributed by atoms with Crippen molar-refractivity contribution in [3.05, 3.63) is 70.4 Å². The third-order valence-electron chi connectivity index (χ3n) is 4.29. The summed E-state index contributed by atoms with van der Waals surface area (Å²) in [6.07, 6.45) is 0. The highest BCUT2D eigenvalue weighted by Crippen LogP contribution is 2.25. The summed E-state index contributed by atoms with van der Waals surface area (Å²) in [5.41, 5.74) is 0.293. The fourth-order valence-electron chi connectivity index (χ4n) is 3.08. The minimum atomic E-state index is -1.14. The van der Waals surface area contributed by atoms with Crippen LogP contribution >= 0.6 is 0 Å². The first kappa shape index (κ1) is 14.3. The van der Waals surface area contributed by atoms with Crippen molar-refractivity contribution < 1.29 is 14.4 Å². The molecule has 1 fully saturated rings. The van der Waals surface area contributed by atoms with Crippen molar-refractivity contribution in [3.8, 4) is 0 Å². The average molecular weight is 317 g/mol. The molecular weight excluding hydrogens is 306 g/mol. The molecule has 1 heterocycles. The third-order valence-corrected chi connectivity index (χ3v) is 4.29. The first-order valence-electron chi connectivity index (χ1n) is 7.41. The van der Waals surface area contributed by atoms with Crippen LogP contribution < -0.4 is 10.7 Å². The van der Waals surface area contributed by atoms with Gasteiger partial charge in [-0.2, -0.15) is 0 Å². The summed E-state index contributed by atoms with van der Waals surface area (Å²) < 4.78 is 0. The molecule has 1 aliphatic rings. The van der Waals surface area contributed by atoms with E-state index in [0.717, 1.165) is 5.39 Å². The number of imide groups is 1. The van der Waals surface area contributed by atoms with Crippen LogP contribution in [0.1, 0.15) is 11.5 Å². The molecule has 0 bridgehead atoms. The molecular formula is C19H11NO4. The second kappa shape index (κ2) is 5.09. The maximum absolute atomic E-state index is 12.7. The van der Waals surface area contributed by atoms with Crippen LogP contribution in [0.3, 0.4) is 0 Å². The molecule has 1 aliphatic heterocycles. The van der Waals surface area contributed by atoms with E-state index >= 15 is 0 Å². The summed E-state index contributed by atoms with van der Waals surface area (Å²) in [5.74, 6) is -3.43. The molecule has 1 N–H and O–H groups in total. The molecule has 3 aromatic carbocycles. The highest BCUT2D eigenvalue weighted by molar-refractivity contribution is 6.50. The SMILES string of the molecule is O=C1NC(=O)C(c2ccc3c(=O)c4ccccc4ccc3c2)C1=O. The Bertz CT molecular complexity index is 1120. The van der Waals surface area contributed by atoms with Crippen molar-refractivity contribution in [1.29, 1.82) is 0 Å². The van der Waals surface area contributed by atoms with E-state index in [2.05, 4.69) is 0 Å². The smallest absolute Gasteiger partial charge is 0.289 e. The number of fused-ring (bicyclic) bond motifs is 2. The number of benzene rings is 2. The van der Waals surface area contributed by atoms with Gasteiger partial charge in [0.05, 0.1) is 0 Å². The first-order chi connectivity index (χ1) is 11.6. The number of hydrogen-bond acceptors (Lipinski definition) is 4. The fraction of sp³-hybridized carbons (Fsp3) is 0.0526. The van der Waals surface area contributed by atoms with Crippen LogP contribution in [0.4, 0.5) is 0 Å². The third kappa shape index (κ3) is 2.02. The Hall–Kier alpha value is -3.34. The molecule has 0 saturated carbocycles. The lowest BCUT2D eigenvalue weighted by Crippen LogP contribution is -2.22. The van der Waals surface area contributed by atoms with Gasteiger partial charge < -0.3 is 0 Å². The van der Waals surface area contributed by atoms with Gasteiger partial charge in [-0.1, -0.05) is 48.5 Å². The van der Waals surface area contributed by atoms with Crippen molar-refractivity contribution in [1.82, 2.24) is 5.32 Å². The Morgan fingerprint density at radius 2 is 1.46 bits per heavy atom. The predicted octanol–water partition coefficient (Wildman–Crippen LogP) is 1.66. The van der Waals surface area contributed by atoms with E-state index in [0.29, 0.717) is 21.7 Å². The Labute approximate surface area is 135 Å². The Balaban J connectivity index is 1.99. The molecule has 0 spiro atoms. The number of hydrogen-bond donors (Lipinski definition) is 1. The maximum Gasteiger partial charge on any atom is 0.295 e. The number of ketones is 1. The lowest BCUT2D eigenvalue weighted by Gasteiger charge is -2.05. The normalized spacial score (nSPS) is 17.5. The predicted molar refractivity (Wildman–Crippen MR) is 88.6 cm³/mol. The molecule has 116 valence electrons. The molecule has 5 nitrogen and oxygen atoms in total. The summed E-state index contributed by atoms with van der Waals surface area (Å²) in [6.45, 7) is 0. The van der Waals surface area contributed by atoms with Gasteiger partial charge >= 0.3 is 0 Å². The van der Waals surface area contributed by atoms with Crippen LogP contribution in [0.2, 0.25) is 0 Å². The van der Waals surface area contributed by atoms with E-state index in [1.54, 1.807) is 36.4 Å². The van der Waals surface area contributed by atoms with Gasteiger partial charge in [0.15, 0.2) is 5.43 Å². The second-order valence-electron chi connectivity index (χ2n) is 5.71. The summed E-state index contributed by atoms with van der Waals surface area (Å²) in [6, 6.07) is 15.6. The molecule has 1 unspecified atom stereocenters. The van der Waals surface area contributed by atoms with Gasteiger partial charge in [0.2, 0.25) is 11.7 Å². The molecule has 1 saturated heterocycles. The highest BCUT2D eigenvalue weighted by atomic mass is 16.2. The Morgan fingerprint density at radius 3 is 2.21 bits per heavy atom. The first-order valence-corrected chi connectivity index (χ1v) is 7.41. The van der Waals surface area contributed by atoms with Gasteiger partial charge in [-0.3, -0.25) is 24.5 Å². The number of carbonyl (C=O) groups is 3. The van der Waals surface area contributed by atoms with Crippen LogP contribution in [-0.2, 0) is 14.4 Å². The van der Waals surface area contributed by atoms with Crippen LogP contribution in [0.5, 0.6) is 0 Å². The van der Waals surface area contributed by atoms with Crippen molar-refractivity contribution in [3.63, 3.8) is 0 Å². The number of carbonyl (C=O) groups excluding carboxylic acids is 3. The average Bonchev–Trinajstić information content (AvgIpc) is 2.76. The number of rotatable bonds is 1. The van der Waals surface area contributed by atoms with E-state index in [1.807, 2.05) is 23.5 Å². The van der Waals surface area contributed by atoms with Gasteiger partial charge in [-0.15, -0.1) is 0 Å². The Kier molecular flexibility index (Phi) is 3.03. The van der Waals surface area contributed by atoms with Crippen molar-refractivity contribution in [2.75, 3.05) is 0 Å². The van der Waals surface area contributed by atoms with Crippen LogP contribution in [0, 0.1) is 0 Å². The zero-order chi connectivity index (χ0) is 16.8. The molecule has 24 heavy (non-hydrogen) atoms. The van der Waals surface area contributed by atoms with E-state index in [-0.39, 0.29) is 5.43 Å². The molecule has 2 amide bonds. The van der Waals surface area contributed by atoms with E-state index in [4.69, 9.17) is 0 Å². The quantitative estimate of drug-likeness (QED) is 0.420. The molecule has 0 aliphatic carbocycles. The molecule has 5 heteroatoms. The summed E-state index contributed by atoms with van der Waals surface area (Å²) in [4.78, 5) is 47.8. The van der Waals surface area contributed by atoms with Gasteiger partial charge in [-0.05, 0) is 22.4 Å². The van der Waals surface area contributed by atoms with Gasteiger partial charge in [-0.25, -0.2) is 0 Å². The van der Waals surface area contributed by atoms with E-state index in [1.165, 1.54) is 0 Å². The monoisotopic (exact) mass is 317 g/mol. The topological polar surface area (TPSA) is 80.3 Å². The summed E-state index contributed by atoms with van der Waals surface area (Å²) in [5, 5.41) is 4.55. The van der Waals surface area contributed by atoms with E-state index in [9.17, 15) is 19.2 Å². The zero-order valence-corrected chi connectivity index (χ0v) is 12.4. The summed E-state index contributed by atoms with van der Waals surface area (Å²) in [7, 11) is 0. The van der Waals surface area contributed by atoms with Crippen molar-refractivity contribution >= 4 is 39.1 Å². The van der Waals surface area contributed by atoms with Gasteiger partial charge in [0, 0.05) is 10.8 Å². The molecule has 0 aromatic heterocycles. The fourth-order valence-corrected chi connectivity index (χ4v) is 3.08. The zero-order valence-electron chi connectivity index (χ0n) is 12.4. The summed E-state index contributed by atoms with van der Waals surface area (Å²) >= 11 is 0. The molecule has 0 radical (unpaired) electrons. The lowest BCUT2D eigenvalue weighted by molar-refractivity contribution is -0.135. The highest BCUT2D eigenvalue weighted by Gasteiger charge is 2.41. The molecule has 1 atom stereocenters. The van der Waals surface area contributed by atoms with Gasteiger partial charge in [0.25, 0.3) is 5.91 Å². The number of amides is 2. The van der Waals surface area contributed by atoms with Crippen molar-refractivity contribution in [2.45, 2.75) is 5.92 Å². The minimum absolute atomic E-state index is 0.115. The molecule has 4 rings (SSSR count). The number of nitrogens with one attached hydrogen (secondary N) is 1. The largest absolute Gasteiger partial charge is 0.295 e. The molecule has 3 aromatic rings. The van der Waals surface area contributed by atoms with Crippen LogP contribution in [0.15, 0.2) is 59.4 Å². The Morgan fingerprint density at radius 1 is 0.750 bits per heavy atom. The van der Waals surface area contributed by atoms with Gasteiger partial charge in [0.1, 0.15) is 5.92 Å². The second-order valence-corrected chi connectivity index (χ2v) is 5.71. The van der Waals surface area contributed by atoms with E-state index < -0.39 is 23.5 Å². The van der Waals surface area contributed by atoms with Crippen LogP contribution in [-0.4, -0.2) is 17.6 Å². The maximum atomic E-state index is 12.7.